The molecular weight excluding hydrogens is 344 g/mol. The van der Waals surface area contributed by atoms with E-state index in [0.29, 0.717) is 11.5 Å². The number of aromatic hydroxyl groups is 2. The normalized spacial score (nSPS) is 26.4. The number of hydrogen-bond donors (Lipinski definition) is 2. The first-order chi connectivity index (χ1) is 13.1. The lowest BCUT2D eigenvalue weighted by molar-refractivity contribution is -0.0524. The predicted octanol–water partition coefficient (Wildman–Crippen LogP) is 4.23. The largest absolute Gasteiger partial charge is 0.508 e. The average Bonchev–Trinajstić information content (AvgIpc) is 3.43. The van der Waals surface area contributed by atoms with Crippen LogP contribution >= 0.6 is 0 Å². The third-order valence-corrected chi connectivity index (χ3v) is 5.63. The highest BCUT2D eigenvalue weighted by Gasteiger charge is 2.59. The maximum absolute atomic E-state index is 10.2. The van der Waals surface area contributed by atoms with Gasteiger partial charge in [0.05, 0.1) is 0 Å². The molecule has 3 heterocycles. The van der Waals surface area contributed by atoms with Gasteiger partial charge in [-0.15, -0.1) is 0 Å². The Morgan fingerprint density at radius 3 is 2.59 bits per heavy atom. The zero-order chi connectivity index (χ0) is 18.3. The molecule has 134 valence electrons. The van der Waals surface area contributed by atoms with Crippen LogP contribution in [0.2, 0.25) is 0 Å². The molecule has 0 aromatic heterocycles. The maximum Gasteiger partial charge on any atom is 0.191 e. The van der Waals surface area contributed by atoms with Crippen LogP contribution in [-0.2, 0) is 15.1 Å². The van der Waals surface area contributed by atoms with Crippen LogP contribution in [0.1, 0.15) is 33.9 Å². The zero-order valence-electron chi connectivity index (χ0n) is 14.5. The SMILES string of the molecule is Cc1cc2c(cc1O)Oc1cc(O)ccc1C21OC2OC2c2ccccc21. The minimum absolute atomic E-state index is 0.0584. The molecular formula is C22H16O5. The summed E-state index contributed by atoms with van der Waals surface area (Å²) in [5.41, 5.74) is 3.51. The maximum atomic E-state index is 10.2. The van der Waals surface area contributed by atoms with Crippen molar-refractivity contribution < 1.29 is 24.4 Å². The van der Waals surface area contributed by atoms with E-state index in [-0.39, 0.29) is 23.9 Å². The number of ether oxygens (including phenoxy) is 3. The van der Waals surface area contributed by atoms with E-state index in [4.69, 9.17) is 14.2 Å². The number of benzene rings is 3. The van der Waals surface area contributed by atoms with Crippen LogP contribution in [0.4, 0.5) is 0 Å². The smallest absolute Gasteiger partial charge is 0.191 e. The highest BCUT2D eigenvalue weighted by molar-refractivity contribution is 5.66. The van der Waals surface area contributed by atoms with E-state index < -0.39 is 5.60 Å². The number of fused-ring (bicyclic) bond motifs is 8. The van der Waals surface area contributed by atoms with Gasteiger partial charge in [0.25, 0.3) is 0 Å². The van der Waals surface area contributed by atoms with Crippen LogP contribution in [0, 0.1) is 6.92 Å². The van der Waals surface area contributed by atoms with Gasteiger partial charge < -0.3 is 24.4 Å². The molecule has 1 saturated heterocycles. The Bertz CT molecular complexity index is 1120. The van der Waals surface area contributed by atoms with Crippen molar-refractivity contribution in [2.24, 2.45) is 0 Å². The summed E-state index contributed by atoms with van der Waals surface area (Å²) in [6.07, 6.45) is -0.390. The summed E-state index contributed by atoms with van der Waals surface area (Å²) >= 11 is 0. The fraction of sp³-hybridized carbons (Fsp3) is 0.182. The van der Waals surface area contributed by atoms with Crippen molar-refractivity contribution in [2.75, 3.05) is 0 Å². The molecule has 3 aromatic carbocycles. The number of phenols is 2. The molecule has 0 saturated carbocycles. The Morgan fingerprint density at radius 1 is 0.889 bits per heavy atom. The van der Waals surface area contributed by atoms with Gasteiger partial charge >= 0.3 is 0 Å². The van der Waals surface area contributed by atoms with Crippen molar-refractivity contribution in [3.63, 3.8) is 0 Å². The summed E-state index contributed by atoms with van der Waals surface area (Å²) in [6.45, 7) is 1.85. The molecule has 0 amide bonds. The lowest BCUT2D eigenvalue weighted by atomic mass is 9.74. The quantitative estimate of drug-likeness (QED) is 0.587. The molecule has 5 nitrogen and oxygen atoms in total. The second kappa shape index (κ2) is 4.82. The van der Waals surface area contributed by atoms with Crippen LogP contribution < -0.4 is 4.74 Å². The van der Waals surface area contributed by atoms with Crippen molar-refractivity contribution in [3.05, 3.63) is 82.4 Å². The molecule has 3 unspecified atom stereocenters. The molecule has 0 bridgehead atoms. The van der Waals surface area contributed by atoms with E-state index in [2.05, 4.69) is 6.07 Å². The molecule has 3 aromatic rings. The van der Waals surface area contributed by atoms with Gasteiger partial charge in [0.1, 0.15) is 29.1 Å². The molecule has 3 atom stereocenters. The van der Waals surface area contributed by atoms with Crippen LogP contribution in [-0.4, -0.2) is 16.5 Å². The van der Waals surface area contributed by atoms with Crippen molar-refractivity contribution >= 4 is 0 Å². The van der Waals surface area contributed by atoms with E-state index in [0.717, 1.165) is 27.8 Å². The first-order valence-corrected chi connectivity index (χ1v) is 8.86. The fourth-order valence-corrected chi connectivity index (χ4v) is 4.32. The Morgan fingerprint density at radius 2 is 1.70 bits per heavy atom. The fourth-order valence-electron chi connectivity index (χ4n) is 4.32. The first-order valence-electron chi connectivity index (χ1n) is 8.86. The Labute approximate surface area is 155 Å². The molecule has 0 radical (unpaired) electrons. The Kier molecular flexibility index (Phi) is 2.69. The summed E-state index contributed by atoms with van der Waals surface area (Å²) in [5, 5.41) is 20.2. The highest BCUT2D eigenvalue weighted by atomic mass is 16.8. The minimum Gasteiger partial charge on any atom is -0.508 e. The van der Waals surface area contributed by atoms with Gasteiger partial charge in [-0.3, -0.25) is 0 Å². The second-order valence-electron chi connectivity index (χ2n) is 7.23. The summed E-state index contributed by atoms with van der Waals surface area (Å²) < 4.78 is 18.4. The average molecular weight is 360 g/mol. The van der Waals surface area contributed by atoms with Crippen LogP contribution in [0.25, 0.3) is 0 Å². The summed E-state index contributed by atoms with van der Waals surface area (Å²) in [7, 11) is 0. The molecule has 6 rings (SSSR count). The molecule has 27 heavy (non-hydrogen) atoms. The molecule has 1 fully saturated rings. The number of epoxide rings is 1. The molecule has 5 heteroatoms. The highest BCUT2D eigenvalue weighted by Crippen LogP contribution is 2.61. The Hall–Kier alpha value is -3.02. The van der Waals surface area contributed by atoms with Gasteiger partial charge in [0.2, 0.25) is 0 Å². The van der Waals surface area contributed by atoms with Gasteiger partial charge in [-0.25, -0.2) is 0 Å². The van der Waals surface area contributed by atoms with Gasteiger partial charge in [-0.1, -0.05) is 24.3 Å². The van der Waals surface area contributed by atoms with Crippen molar-refractivity contribution in [1.82, 2.24) is 0 Å². The van der Waals surface area contributed by atoms with E-state index in [1.807, 2.05) is 37.3 Å². The number of aryl methyl sites for hydroxylation is 1. The van der Waals surface area contributed by atoms with Gasteiger partial charge in [-0.05, 0) is 41.8 Å². The standard InChI is InChI=1S/C22H16O5/c1-11-8-16-19(10-17(11)24)25-18-9-12(23)6-7-15(18)22(16)14-5-3-2-4-13(14)20-21(26-20)27-22/h2-10,20-21,23-24H,1H3. The zero-order valence-corrected chi connectivity index (χ0v) is 14.5. The number of rotatable bonds is 0. The number of hydrogen-bond acceptors (Lipinski definition) is 5. The van der Waals surface area contributed by atoms with Crippen molar-refractivity contribution in [1.29, 1.82) is 0 Å². The van der Waals surface area contributed by atoms with Gasteiger partial charge in [0.15, 0.2) is 11.9 Å². The minimum atomic E-state index is -0.927. The third-order valence-electron chi connectivity index (χ3n) is 5.63. The monoisotopic (exact) mass is 360 g/mol. The molecule has 2 N–H and O–H groups in total. The topological polar surface area (TPSA) is 71.5 Å². The van der Waals surface area contributed by atoms with Crippen molar-refractivity contribution in [3.8, 4) is 23.0 Å². The lowest BCUT2D eigenvalue weighted by Gasteiger charge is -2.42. The van der Waals surface area contributed by atoms with E-state index >= 15 is 0 Å². The number of phenolic OH excluding ortho intramolecular Hbond substituents is 2. The van der Waals surface area contributed by atoms with Crippen LogP contribution in [0.15, 0.2) is 54.6 Å². The molecule has 0 aliphatic carbocycles. The molecule has 3 aliphatic heterocycles. The molecule has 3 aliphatic rings. The van der Waals surface area contributed by atoms with Crippen LogP contribution in [0.3, 0.4) is 0 Å². The Balaban J connectivity index is 1.74. The summed E-state index contributed by atoms with van der Waals surface area (Å²) in [6, 6.07) is 16.6. The predicted molar refractivity (Wildman–Crippen MR) is 96.0 cm³/mol. The third kappa shape index (κ3) is 1.85. The second-order valence-corrected chi connectivity index (χ2v) is 7.23. The van der Waals surface area contributed by atoms with E-state index in [1.165, 1.54) is 0 Å². The molecule has 1 spiro atoms. The van der Waals surface area contributed by atoms with Gasteiger partial charge in [0, 0.05) is 23.3 Å². The van der Waals surface area contributed by atoms with E-state index in [1.54, 1.807) is 18.2 Å². The van der Waals surface area contributed by atoms with Crippen molar-refractivity contribution in [2.45, 2.75) is 24.9 Å². The first kappa shape index (κ1) is 15.1. The lowest BCUT2D eigenvalue weighted by Crippen LogP contribution is -2.39. The van der Waals surface area contributed by atoms with Gasteiger partial charge in [-0.2, -0.15) is 0 Å². The summed E-state index contributed by atoms with van der Waals surface area (Å²) in [4.78, 5) is 0. The van der Waals surface area contributed by atoms with E-state index in [9.17, 15) is 10.2 Å². The summed E-state index contributed by atoms with van der Waals surface area (Å²) in [5.74, 6) is 1.26. The van der Waals surface area contributed by atoms with Crippen LogP contribution in [0.5, 0.6) is 23.0 Å².